The second-order valence-electron chi connectivity index (χ2n) is 8.25. The molecule has 3 rings (SSSR count). The summed E-state index contributed by atoms with van der Waals surface area (Å²) in [7, 11) is 0. The van der Waals surface area contributed by atoms with Crippen LogP contribution in [0.3, 0.4) is 0 Å². The lowest BCUT2D eigenvalue weighted by Crippen LogP contribution is -2.21. The molecule has 3 aromatic rings. The number of phenols is 1. The molecule has 0 amide bonds. The Kier molecular flexibility index (Phi) is 10.0. The van der Waals surface area contributed by atoms with Crippen molar-refractivity contribution < 1.29 is 23.8 Å². The van der Waals surface area contributed by atoms with Crippen molar-refractivity contribution in [1.29, 1.82) is 0 Å². The van der Waals surface area contributed by atoms with E-state index in [0.717, 1.165) is 24.3 Å². The van der Waals surface area contributed by atoms with Crippen LogP contribution in [0.25, 0.3) is 12.2 Å². The van der Waals surface area contributed by atoms with Gasteiger partial charge in [-0.3, -0.25) is 9.59 Å². The van der Waals surface area contributed by atoms with E-state index in [9.17, 15) is 19.1 Å². The molecule has 0 spiro atoms. The maximum atomic E-state index is 14.3. The number of anilines is 1. The topological polar surface area (TPSA) is 66.8 Å². The second-order valence-corrected chi connectivity index (χ2v) is 8.66. The lowest BCUT2D eigenvalue weighted by molar-refractivity contribution is -0.121. The Balaban J connectivity index is 1.75. The minimum Gasteiger partial charge on any atom is -0.508 e. The average Bonchev–Trinajstić information content (AvgIpc) is 2.88. The minimum atomic E-state index is -0.460. The average molecular weight is 522 g/mol. The van der Waals surface area contributed by atoms with E-state index in [1.165, 1.54) is 36.4 Å². The van der Waals surface area contributed by atoms with Gasteiger partial charge in [0.15, 0.2) is 11.6 Å². The van der Waals surface area contributed by atoms with Crippen molar-refractivity contribution in [3.05, 3.63) is 100 Å². The molecule has 7 heteroatoms. The summed E-state index contributed by atoms with van der Waals surface area (Å²) in [6.45, 7) is 5.60. The van der Waals surface area contributed by atoms with Gasteiger partial charge in [-0.05, 0) is 74.0 Å². The van der Waals surface area contributed by atoms with Crippen molar-refractivity contribution in [1.82, 2.24) is 0 Å². The molecular formula is C30H29ClFNO4. The van der Waals surface area contributed by atoms with Crippen LogP contribution in [0.2, 0.25) is 5.02 Å². The van der Waals surface area contributed by atoms with Crippen molar-refractivity contribution in [3.8, 4) is 11.5 Å². The van der Waals surface area contributed by atoms with Crippen molar-refractivity contribution >= 4 is 41.0 Å². The maximum Gasteiger partial charge on any atom is 0.163 e. The predicted molar refractivity (Wildman–Crippen MR) is 147 cm³/mol. The largest absolute Gasteiger partial charge is 0.508 e. The van der Waals surface area contributed by atoms with Gasteiger partial charge in [-0.1, -0.05) is 35.9 Å². The van der Waals surface area contributed by atoms with E-state index in [2.05, 4.69) is 4.90 Å². The lowest BCUT2D eigenvalue weighted by atomic mass is 10.1. The number of ketones is 2. The number of carbonyl (C=O) groups excluding carboxylic acids is 2. The first kappa shape index (κ1) is 27.7. The van der Waals surface area contributed by atoms with E-state index in [4.69, 9.17) is 16.3 Å². The Labute approximate surface area is 221 Å². The molecule has 192 valence electrons. The van der Waals surface area contributed by atoms with Crippen molar-refractivity contribution in [2.24, 2.45) is 0 Å². The highest BCUT2D eigenvalue weighted by atomic mass is 35.5. The Hall–Kier alpha value is -3.90. The molecule has 1 N–H and O–H groups in total. The standard InChI is InChI=1S/C30H29ClFNO4/c1-3-33(4-2)23-13-11-22(30(18-23)37-20-27-28(31)6-5-7-29(27)32)12-17-26(36)19-25(35)16-10-21-8-14-24(34)15-9-21/h5-18,34H,3-4,19-20H2,1-2H3/b16-10+,17-12+. The lowest BCUT2D eigenvalue weighted by Gasteiger charge is -2.22. The summed E-state index contributed by atoms with van der Waals surface area (Å²) in [4.78, 5) is 26.8. The summed E-state index contributed by atoms with van der Waals surface area (Å²) >= 11 is 6.15. The molecule has 0 aliphatic carbocycles. The first-order valence-electron chi connectivity index (χ1n) is 12.0. The van der Waals surface area contributed by atoms with Crippen LogP contribution < -0.4 is 9.64 Å². The summed E-state index contributed by atoms with van der Waals surface area (Å²) in [5.74, 6) is -0.569. The molecule has 0 aliphatic heterocycles. The van der Waals surface area contributed by atoms with Gasteiger partial charge in [-0.15, -0.1) is 0 Å². The number of halogens is 2. The van der Waals surface area contributed by atoms with Crippen LogP contribution >= 0.6 is 11.6 Å². The van der Waals surface area contributed by atoms with Crippen molar-refractivity contribution in [2.45, 2.75) is 26.9 Å². The number of allylic oxidation sites excluding steroid dienone is 2. The van der Waals surface area contributed by atoms with E-state index in [1.807, 2.05) is 32.0 Å². The highest BCUT2D eigenvalue weighted by Crippen LogP contribution is 2.29. The number of aromatic hydroxyl groups is 1. The summed E-state index contributed by atoms with van der Waals surface area (Å²) in [5, 5.41) is 9.60. The van der Waals surface area contributed by atoms with E-state index >= 15 is 0 Å². The minimum absolute atomic E-state index is 0.0808. The van der Waals surface area contributed by atoms with Crippen LogP contribution in [0.4, 0.5) is 10.1 Å². The number of hydrogen-bond donors (Lipinski definition) is 1. The fourth-order valence-corrected chi connectivity index (χ4v) is 3.86. The van der Waals surface area contributed by atoms with Crippen LogP contribution in [-0.2, 0) is 16.2 Å². The van der Waals surface area contributed by atoms with E-state index in [1.54, 1.807) is 30.4 Å². The molecular weight excluding hydrogens is 493 g/mol. The third-order valence-corrected chi connectivity index (χ3v) is 6.07. The van der Waals surface area contributed by atoms with Gasteiger partial charge in [0.25, 0.3) is 0 Å². The zero-order valence-electron chi connectivity index (χ0n) is 20.8. The molecule has 0 bridgehead atoms. The Morgan fingerprint density at radius 2 is 1.65 bits per heavy atom. The fraction of sp³-hybridized carbons (Fsp3) is 0.200. The fourth-order valence-electron chi connectivity index (χ4n) is 3.64. The van der Waals surface area contributed by atoms with Crippen molar-refractivity contribution in [2.75, 3.05) is 18.0 Å². The number of nitrogens with zero attached hydrogens (tertiary/aromatic N) is 1. The molecule has 0 saturated carbocycles. The Bertz CT molecular complexity index is 1280. The molecule has 0 aliphatic rings. The Morgan fingerprint density at radius 3 is 2.30 bits per heavy atom. The van der Waals surface area contributed by atoms with Crippen LogP contribution in [0.5, 0.6) is 11.5 Å². The maximum absolute atomic E-state index is 14.3. The summed E-state index contributed by atoms with van der Waals surface area (Å²) in [6.07, 6.45) is 5.56. The highest BCUT2D eigenvalue weighted by Gasteiger charge is 2.12. The van der Waals surface area contributed by atoms with Gasteiger partial charge < -0.3 is 14.7 Å². The molecule has 0 unspecified atom stereocenters. The summed E-state index contributed by atoms with van der Waals surface area (Å²) in [6, 6.07) is 16.4. The normalized spacial score (nSPS) is 11.2. The van der Waals surface area contributed by atoms with Gasteiger partial charge in [0.1, 0.15) is 23.9 Å². The van der Waals surface area contributed by atoms with E-state index in [-0.39, 0.29) is 40.9 Å². The van der Waals surface area contributed by atoms with Gasteiger partial charge in [-0.25, -0.2) is 4.39 Å². The molecule has 0 radical (unpaired) electrons. The van der Waals surface area contributed by atoms with Crippen LogP contribution in [0.15, 0.2) is 72.8 Å². The molecule has 0 heterocycles. The van der Waals surface area contributed by atoms with Gasteiger partial charge in [0.2, 0.25) is 0 Å². The first-order chi connectivity index (χ1) is 17.8. The SMILES string of the molecule is CCN(CC)c1ccc(/C=C/C(=O)CC(=O)/C=C/c2ccc(O)cc2)c(OCc2c(F)cccc2Cl)c1. The van der Waals surface area contributed by atoms with Gasteiger partial charge >= 0.3 is 0 Å². The number of rotatable bonds is 12. The molecule has 0 aromatic heterocycles. The van der Waals surface area contributed by atoms with Crippen LogP contribution in [-0.4, -0.2) is 29.8 Å². The zero-order chi connectivity index (χ0) is 26.8. The third kappa shape index (κ3) is 8.05. The molecule has 37 heavy (non-hydrogen) atoms. The van der Waals surface area contributed by atoms with Gasteiger partial charge in [0.05, 0.1) is 11.4 Å². The summed E-state index contributed by atoms with van der Waals surface area (Å²) < 4.78 is 20.2. The van der Waals surface area contributed by atoms with Crippen LogP contribution in [0, 0.1) is 5.82 Å². The molecule has 0 saturated heterocycles. The second kappa shape index (κ2) is 13.4. The molecule has 5 nitrogen and oxygen atoms in total. The molecule has 0 atom stereocenters. The van der Waals surface area contributed by atoms with Crippen molar-refractivity contribution in [3.63, 3.8) is 0 Å². The molecule has 0 fully saturated rings. The van der Waals surface area contributed by atoms with Gasteiger partial charge in [-0.2, -0.15) is 0 Å². The first-order valence-corrected chi connectivity index (χ1v) is 12.3. The predicted octanol–water partition coefficient (Wildman–Crippen LogP) is 6.86. The van der Waals surface area contributed by atoms with Gasteiger partial charge in [0, 0.05) is 36.0 Å². The number of hydrogen-bond acceptors (Lipinski definition) is 5. The highest BCUT2D eigenvalue weighted by molar-refractivity contribution is 6.31. The third-order valence-electron chi connectivity index (χ3n) is 5.71. The number of benzene rings is 3. The number of ether oxygens (including phenoxy) is 1. The van der Waals surface area contributed by atoms with Crippen LogP contribution in [0.1, 0.15) is 37.0 Å². The number of phenolic OH excluding ortho intramolecular Hbond substituents is 1. The monoisotopic (exact) mass is 521 g/mol. The van der Waals surface area contributed by atoms with E-state index in [0.29, 0.717) is 11.3 Å². The summed E-state index contributed by atoms with van der Waals surface area (Å²) in [5.41, 5.74) is 2.52. The van der Waals surface area contributed by atoms with E-state index < -0.39 is 5.82 Å². The Morgan fingerprint density at radius 1 is 0.973 bits per heavy atom. The number of carbonyl (C=O) groups is 2. The smallest absolute Gasteiger partial charge is 0.163 e. The zero-order valence-corrected chi connectivity index (χ0v) is 21.5. The molecule has 3 aromatic carbocycles. The quantitative estimate of drug-likeness (QED) is 0.208.